The first-order chi connectivity index (χ1) is 10.3. The van der Waals surface area contributed by atoms with E-state index in [-0.39, 0.29) is 10.6 Å². The highest BCUT2D eigenvalue weighted by Gasteiger charge is 2.23. The van der Waals surface area contributed by atoms with Gasteiger partial charge < -0.3 is 0 Å². The summed E-state index contributed by atoms with van der Waals surface area (Å²) < 4.78 is 27.4. The molecule has 0 saturated carbocycles. The molecule has 1 N–H and O–H groups in total. The Labute approximate surface area is 132 Å². The third-order valence-corrected chi connectivity index (χ3v) is 5.52. The average Bonchev–Trinajstić information content (AvgIpc) is 2.91. The molecule has 1 aromatic heterocycles. The number of non-ortho nitro benzene ring substituents is 1. The monoisotopic (exact) mass is 341 g/mol. The third-order valence-electron chi connectivity index (χ3n) is 2.98. The van der Waals surface area contributed by atoms with Crippen molar-refractivity contribution in [3.8, 4) is 0 Å². The van der Waals surface area contributed by atoms with Crippen LogP contribution in [-0.2, 0) is 10.0 Å². The first-order valence-electron chi connectivity index (χ1n) is 6.52. The Bertz CT molecular complexity index is 786. The van der Waals surface area contributed by atoms with E-state index in [1.54, 1.807) is 0 Å². The van der Waals surface area contributed by atoms with Gasteiger partial charge in [0.15, 0.2) is 0 Å². The molecular formula is C13H15N3O4S2. The summed E-state index contributed by atoms with van der Waals surface area (Å²) in [6.07, 6.45) is 0.529. The van der Waals surface area contributed by atoms with E-state index in [9.17, 15) is 18.5 Å². The predicted octanol–water partition coefficient (Wildman–Crippen LogP) is 2.79. The van der Waals surface area contributed by atoms with E-state index in [1.165, 1.54) is 29.5 Å². The van der Waals surface area contributed by atoms with Crippen molar-refractivity contribution < 1.29 is 13.3 Å². The van der Waals surface area contributed by atoms with Gasteiger partial charge in [0.25, 0.3) is 5.69 Å². The first kappa shape index (κ1) is 16.5. The molecule has 0 saturated heterocycles. The van der Waals surface area contributed by atoms with Crippen LogP contribution >= 0.6 is 11.3 Å². The first-order valence-corrected chi connectivity index (χ1v) is 8.88. The second-order valence-corrected chi connectivity index (χ2v) is 7.27. The van der Waals surface area contributed by atoms with Gasteiger partial charge in [-0.1, -0.05) is 13.0 Å². The van der Waals surface area contributed by atoms with Crippen molar-refractivity contribution in [1.82, 2.24) is 9.71 Å². The summed E-state index contributed by atoms with van der Waals surface area (Å²) in [5.74, 6) is 0. The minimum atomic E-state index is -3.85. The van der Waals surface area contributed by atoms with E-state index in [0.29, 0.717) is 11.4 Å². The quantitative estimate of drug-likeness (QED) is 0.643. The molecule has 22 heavy (non-hydrogen) atoms. The number of hydrogen-bond acceptors (Lipinski definition) is 6. The molecule has 0 aliphatic rings. The minimum Gasteiger partial charge on any atom is -0.258 e. The maximum atomic E-state index is 12.4. The number of nitrogens with one attached hydrogen (secondary N) is 1. The van der Waals surface area contributed by atoms with Crippen LogP contribution in [0.2, 0.25) is 0 Å². The Morgan fingerprint density at radius 3 is 2.73 bits per heavy atom. The lowest BCUT2D eigenvalue weighted by Crippen LogP contribution is -2.28. The van der Waals surface area contributed by atoms with Crippen LogP contribution < -0.4 is 4.72 Å². The minimum absolute atomic E-state index is 0.131. The van der Waals surface area contributed by atoms with Gasteiger partial charge in [-0.2, -0.15) is 0 Å². The van der Waals surface area contributed by atoms with E-state index >= 15 is 0 Å². The Kier molecular flexibility index (Phi) is 4.89. The van der Waals surface area contributed by atoms with Crippen LogP contribution in [0.15, 0.2) is 34.5 Å². The van der Waals surface area contributed by atoms with Crippen molar-refractivity contribution >= 4 is 27.0 Å². The van der Waals surface area contributed by atoms with E-state index in [2.05, 4.69) is 9.71 Å². The van der Waals surface area contributed by atoms with E-state index in [4.69, 9.17) is 0 Å². The molecule has 7 nitrogen and oxygen atoms in total. The van der Waals surface area contributed by atoms with E-state index in [0.717, 1.165) is 11.8 Å². The van der Waals surface area contributed by atoms with Gasteiger partial charge >= 0.3 is 0 Å². The van der Waals surface area contributed by atoms with Crippen molar-refractivity contribution in [3.63, 3.8) is 0 Å². The van der Waals surface area contributed by atoms with Crippen LogP contribution in [-0.4, -0.2) is 18.3 Å². The lowest BCUT2D eigenvalue weighted by atomic mass is 10.2. The van der Waals surface area contributed by atoms with Crippen molar-refractivity contribution in [3.05, 3.63) is 50.5 Å². The molecule has 0 fully saturated rings. The molecule has 2 rings (SSSR count). The highest BCUT2D eigenvalue weighted by atomic mass is 32.2. The summed E-state index contributed by atoms with van der Waals surface area (Å²) in [7, 11) is -3.85. The summed E-state index contributed by atoms with van der Waals surface area (Å²) in [5.41, 5.74) is 0.564. The van der Waals surface area contributed by atoms with Crippen LogP contribution in [0.25, 0.3) is 0 Å². The zero-order chi connectivity index (χ0) is 16.3. The number of aryl methyl sites for hydroxylation is 1. The zero-order valence-electron chi connectivity index (χ0n) is 12.0. The van der Waals surface area contributed by atoms with Crippen molar-refractivity contribution in [2.45, 2.75) is 31.2 Å². The highest BCUT2D eigenvalue weighted by molar-refractivity contribution is 7.89. The number of rotatable bonds is 6. The second-order valence-electron chi connectivity index (χ2n) is 4.66. The number of nitro groups is 1. The van der Waals surface area contributed by atoms with Crippen LogP contribution in [0.5, 0.6) is 0 Å². The molecule has 1 aromatic carbocycles. The molecular weight excluding hydrogens is 326 g/mol. The number of sulfonamides is 1. The summed E-state index contributed by atoms with van der Waals surface area (Å²) in [5, 5.41) is 13.3. The second kappa shape index (κ2) is 6.51. The molecule has 1 unspecified atom stereocenters. The van der Waals surface area contributed by atoms with Gasteiger partial charge in [-0.25, -0.2) is 18.1 Å². The standard InChI is InChI=1S/C13H15N3O4S2/c1-3-12(13-14-9(2)8-21-13)15-22(19,20)11-6-4-5-10(7-11)16(17)18/h4-8,12,15H,3H2,1-2H3. The molecule has 0 bridgehead atoms. The number of nitro benzene ring substituents is 1. The Hall–Kier alpha value is -1.84. The maximum absolute atomic E-state index is 12.4. The molecule has 1 atom stereocenters. The number of hydrogen-bond donors (Lipinski definition) is 1. The number of thiazole rings is 1. The fourth-order valence-electron chi connectivity index (χ4n) is 1.86. The van der Waals surface area contributed by atoms with Gasteiger partial charge in [-0.15, -0.1) is 11.3 Å². The largest absolute Gasteiger partial charge is 0.270 e. The van der Waals surface area contributed by atoms with Gasteiger partial charge in [-0.3, -0.25) is 10.1 Å². The molecule has 2 aromatic rings. The lowest BCUT2D eigenvalue weighted by molar-refractivity contribution is -0.385. The van der Waals surface area contributed by atoms with Crippen molar-refractivity contribution in [1.29, 1.82) is 0 Å². The van der Waals surface area contributed by atoms with Crippen molar-refractivity contribution in [2.75, 3.05) is 0 Å². The van der Waals surface area contributed by atoms with Gasteiger partial charge in [0, 0.05) is 23.2 Å². The Morgan fingerprint density at radius 1 is 1.45 bits per heavy atom. The summed E-state index contributed by atoms with van der Waals surface area (Å²) in [6.45, 7) is 3.68. The lowest BCUT2D eigenvalue weighted by Gasteiger charge is -2.14. The number of benzene rings is 1. The van der Waals surface area contributed by atoms with Crippen LogP contribution in [0, 0.1) is 17.0 Å². The fraction of sp³-hybridized carbons (Fsp3) is 0.308. The topological polar surface area (TPSA) is 102 Å². The molecule has 9 heteroatoms. The third kappa shape index (κ3) is 3.67. The van der Waals surface area contributed by atoms with E-state index < -0.39 is 21.0 Å². The summed E-state index contributed by atoms with van der Waals surface area (Å²) >= 11 is 1.38. The molecule has 0 aliphatic heterocycles. The normalized spacial score (nSPS) is 13.0. The molecule has 0 amide bonds. The zero-order valence-corrected chi connectivity index (χ0v) is 13.6. The summed E-state index contributed by atoms with van der Waals surface area (Å²) in [6, 6.07) is 4.52. The van der Waals surface area contributed by atoms with Crippen molar-refractivity contribution in [2.24, 2.45) is 0 Å². The molecule has 1 heterocycles. The Morgan fingerprint density at radius 2 is 2.18 bits per heavy atom. The smallest absolute Gasteiger partial charge is 0.258 e. The Balaban J connectivity index is 2.30. The number of aromatic nitrogens is 1. The SMILES string of the molecule is CCC(NS(=O)(=O)c1cccc([N+](=O)[O-])c1)c1nc(C)cs1. The summed E-state index contributed by atoms with van der Waals surface area (Å²) in [4.78, 5) is 14.3. The van der Waals surface area contributed by atoms with Crippen LogP contribution in [0.3, 0.4) is 0 Å². The molecule has 0 aliphatic carbocycles. The maximum Gasteiger partial charge on any atom is 0.270 e. The number of nitrogens with zero attached hydrogens (tertiary/aromatic N) is 2. The highest BCUT2D eigenvalue weighted by Crippen LogP contribution is 2.24. The van der Waals surface area contributed by atoms with Gasteiger partial charge in [-0.05, 0) is 19.4 Å². The van der Waals surface area contributed by atoms with Gasteiger partial charge in [0.05, 0.1) is 15.9 Å². The van der Waals surface area contributed by atoms with E-state index in [1.807, 2.05) is 19.2 Å². The fourth-order valence-corrected chi connectivity index (χ4v) is 4.19. The van der Waals surface area contributed by atoms with Gasteiger partial charge in [0.1, 0.15) is 5.01 Å². The predicted molar refractivity (Wildman–Crippen MR) is 83.3 cm³/mol. The average molecular weight is 341 g/mol. The molecule has 118 valence electrons. The van der Waals surface area contributed by atoms with Crippen LogP contribution in [0.1, 0.15) is 30.1 Å². The van der Waals surface area contributed by atoms with Gasteiger partial charge in [0.2, 0.25) is 10.0 Å². The molecule has 0 spiro atoms. The van der Waals surface area contributed by atoms with Crippen LogP contribution in [0.4, 0.5) is 5.69 Å². The molecule has 0 radical (unpaired) electrons.